The molecule has 35 heavy (non-hydrogen) atoms. The molecular weight excluding hydrogens is 438 g/mol. The first-order valence-electron chi connectivity index (χ1n) is 12.7. The maximum Gasteiger partial charge on any atom is 0.261 e. The van der Waals surface area contributed by atoms with Gasteiger partial charge in [-0.2, -0.15) is 5.10 Å². The van der Waals surface area contributed by atoms with Crippen LogP contribution in [0, 0.1) is 0 Å². The smallest absolute Gasteiger partial charge is 0.261 e. The molecule has 182 valence electrons. The molecule has 7 heteroatoms. The van der Waals surface area contributed by atoms with Gasteiger partial charge in [0.25, 0.3) is 11.8 Å². The van der Waals surface area contributed by atoms with Crippen LogP contribution in [0.2, 0.25) is 0 Å². The lowest BCUT2D eigenvalue weighted by molar-refractivity contribution is 0.0788. The summed E-state index contributed by atoms with van der Waals surface area (Å²) in [6.45, 7) is 6.81. The molecule has 0 saturated carbocycles. The van der Waals surface area contributed by atoms with Gasteiger partial charge in [0.1, 0.15) is 0 Å². The van der Waals surface area contributed by atoms with Crippen molar-refractivity contribution in [1.29, 1.82) is 0 Å². The van der Waals surface area contributed by atoms with Crippen LogP contribution in [0.3, 0.4) is 0 Å². The topological polar surface area (TPSA) is 72.5 Å². The minimum atomic E-state index is -0.0665. The summed E-state index contributed by atoms with van der Waals surface area (Å²) in [5, 5.41) is 7.29. The highest BCUT2D eigenvalue weighted by atomic mass is 16.2. The van der Waals surface area contributed by atoms with Crippen molar-refractivity contribution < 1.29 is 9.59 Å². The zero-order chi connectivity index (χ0) is 24.2. The minimum absolute atomic E-state index is 0.0561. The number of hydrogen-bond donors (Lipinski definition) is 1. The van der Waals surface area contributed by atoms with Gasteiger partial charge in [-0.1, -0.05) is 36.4 Å². The Bertz CT molecular complexity index is 1170. The number of para-hydroxylation sites is 1. The average molecular weight is 472 g/mol. The fraction of sp³-hybridized carbons (Fsp3) is 0.393. The van der Waals surface area contributed by atoms with Crippen molar-refractivity contribution in [1.82, 2.24) is 20.0 Å². The zero-order valence-electron chi connectivity index (χ0n) is 20.3. The van der Waals surface area contributed by atoms with Crippen LogP contribution >= 0.6 is 0 Å². The standard InChI is InChI=1S/C28H33N5O2/c1-2-33(23-11-4-3-5-12-23)28(35)25-18-29-30-26(25)22-14-17-32(20-22)27(34)24-13-7-6-10-21(24)19-31-15-8-9-16-31/h3-7,10-13,18,22H,2,8-9,14-17,19-20H2,1H3,(H,29,30). The highest BCUT2D eigenvalue weighted by Gasteiger charge is 2.33. The fourth-order valence-electron chi connectivity index (χ4n) is 5.37. The number of aromatic nitrogens is 2. The van der Waals surface area contributed by atoms with Crippen LogP contribution in [-0.4, -0.2) is 64.5 Å². The minimum Gasteiger partial charge on any atom is -0.338 e. The van der Waals surface area contributed by atoms with Gasteiger partial charge in [0, 0.05) is 43.3 Å². The number of nitrogens with one attached hydrogen (secondary N) is 1. The number of H-pyrrole nitrogens is 1. The molecule has 2 aliphatic heterocycles. The molecule has 2 fully saturated rings. The molecule has 2 aromatic carbocycles. The third-order valence-corrected chi connectivity index (χ3v) is 7.25. The molecule has 0 spiro atoms. The Morgan fingerprint density at radius 1 is 1.00 bits per heavy atom. The maximum absolute atomic E-state index is 13.5. The quantitative estimate of drug-likeness (QED) is 0.558. The predicted octanol–water partition coefficient (Wildman–Crippen LogP) is 4.30. The molecule has 0 bridgehead atoms. The SMILES string of the molecule is CCN(C(=O)c1cn[nH]c1C1CCN(C(=O)c2ccccc2CN2CCCC2)C1)c1ccccc1. The first-order valence-corrected chi connectivity index (χ1v) is 12.7. The second kappa shape index (κ2) is 10.4. The summed E-state index contributed by atoms with van der Waals surface area (Å²) in [5.74, 6) is 0.0676. The molecule has 3 aromatic rings. The summed E-state index contributed by atoms with van der Waals surface area (Å²) in [5.41, 5.74) is 4.17. The van der Waals surface area contributed by atoms with Crippen molar-refractivity contribution in [3.63, 3.8) is 0 Å². The predicted molar refractivity (Wildman–Crippen MR) is 137 cm³/mol. The van der Waals surface area contributed by atoms with Gasteiger partial charge in [0.05, 0.1) is 17.5 Å². The summed E-state index contributed by atoms with van der Waals surface area (Å²) < 4.78 is 0. The van der Waals surface area contributed by atoms with Gasteiger partial charge in [0.15, 0.2) is 0 Å². The van der Waals surface area contributed by atoms with Gasteiger partial charge < -0.3 is 9.80 Å². The molecule has 1 atom stereocenters. The molecule has 1 aromatic heterocycles. The van der Waals surface area contributed by atoms with Crippen molar-refractivity contribution in [2.75, 3.05) is 37.6 Å². The fourth-order valence-corrected chi connectivity index (χ4v) is 5.37. The number of amides is 2. The molecule has 1 N–H and O–H groups in total. The van der Waals surface area contributed by atoms with Crippen molar-refractivity contribution >= 4 is 17.5 Å². The average Bonchev–Trinajstić information content (AvgIpc) is 3.67. The number of aromatic amines is 1. The van der Waals surface area contributed by atoms with Crippen LogP contribution in [0.25, 0.3) is 0 Å². The van der Waals surface area contributed by atoms with Gasteiger partial charge in [-0.15, -0.1) is 0 Å². The Morgan fingerprint density at radius 3 is 2.51 bits per heavy atom. The van der Waals surface area contributed by atoms with E-state index >= 15 is 0 Å². The number of rotatable bonds is 7. The zero-order valence-corrected chi connectivity index (χ0v) is 20.3. The van der Waals surface area contributed by atoms with E-state index in [1.807, 2.05) is 60.4 Å². The molecule has 7 nitrogen and oxygen atoms in total. The number of hydrogen-bond acceptors (Lipinski definition) is 4. The Kier molecular flexibility index (Phi) is 6.95. The maximum atomic E-state index is 13.5. The highest BCUT2D eigenvalue weighted by Crippen LogP contribution is 2.31. The number of nitrogens with zero attached hydrogens (tertiary/aromatic N) is 4. The van der Waals surface area contributed by atoms with E-state index in [0.717, 1.165) is 48.6 Å². The first-order chi connectivity index (χ1) is 17.2. The van der Waals surface area contributed by atoms with Crippen molar-refractivity contribution in [2.45, 2.75) is 38.6 Å². The van der Waals surface area contributed by atoms with Crippen LogP contribution in [0.5, 0.6) is 0 Å². The van der Waals surface area contributed by atoms with E-state index in [9.17, 15) is 9.59 Å². The molecule has 3 heterocycles. The van der Waals surface area contributed by atoms with Gasteiger partial charge in [-0.25, -0.2) is 0 Å². The van der Waals surface area contributed by atoms with E-state index in [2.05, 4.69) is 21.2 Å². The second-order valence-corrected chi connectivity index (χ2v) is 9.46. The molecule has 2 amide bonds. The first kappa shape index (κ1) is 23.3. The summed E-state index contributed by atoms with van der Waals surface area (Å²) in [6, 6.07) is 17.7. The van der Waals surface area contributed by atoms with Crippen LogP contribution < -0.4 is 4.90 Å². The number of benzene rings is 2. The van der Waals surface area contributed by atoms with Gasteiger partial charge in [0.2, 0.25) is 0 Å². The lowest BCUT2D eigenvalue weighted by Crippen LogP contribution is -2.32. The van der Waals surface area contributed by atoms with Gasteiger partial charge in [-0.3, -0.25) is 19.6 Å². The lowest BCUT2D eigenvalue weighted by Gasteiger charge is -2.22. The Labute approximate surface area is 206 Å². The van der Waals surface area contributed by atoms with Crippen molar-refractivity contribution in [2.24, 2.45) is 0 Å². The monoisotopic (exact) mass is 471 g/mol. The van der Waals surface area contributed by atoms with E-state index < -0.39 is 0 Å². The summed E-state index contributed by atoms with van der Waals surface area (Å²) in [6.07, 6.45) is 4.89. The summed E-state index contributed by atoms with van der Waals surface area (Å²) >= 11 is 0. The van der Waals surface area contributed by atoms with Crippen molar-refractivity contribution in [3.8, 4) is 0 Å². The molecule has 1 unspecified atom stereocenters. The number of likely N-dealkylation sites (tertiary alicyclic amines) is 2. The molecule has 2 aliphatic rings. The third-order valence-electron chi connectivity index (χ3n) is 7.25. The molecule has 0 aliphatic carbocycles. The highest BCUT2D eigenvalue weighted by molar-refractivity contribution is 6.06. The van der Waals surface area contributed by atoms with E-state index in [-0.39, 0.29) is 17.7 Å². The van der Waals surface area contributed by atoms with Crippen LogP contribution in [-0.2, 0) is 6.54 Å². The van der Waals surface area contributed by atoms with Crippen LogP contribution in [0.15, 0.2) is 60.8 Å². The largest absolute Gasteiger partial charge is 0.338 e. The number of carbonyl (C=O) groups excluding carboxylic acids is 2. The number of anilines is 1. The van der Waals surface area contributed by atoms with Crippen molar-refractivity contribution in [3.05, 3.63) is 83.2 Å². The van der Waals surface area contributed by atoms with Crippen LogP contribution in [0.1, 0.15) is 64.1 Å². The van der Waals surface area contributed by atoms with E-state index in [0.29, 0.717) is 25.2 Å². The Hall–Kier alpha value is -3.45. The Balaban J connectivity index is 1.31. The molecule has 5 rings (SSSR count). The lowest BCUT2D eigenvalue weighted by atomic mass is 10.00. The molecule has 2 saturated heterocycles. The molecule has 0 radical (unpaired) electrons. The normalized spacial score (nSPS) is 18.2. The van der Waals surface area contributed by atoms with E-state index in [1.54, 1.807) is 11.1 Å². The number of carbonyl (C=O) groups is 2. The molecular formula is C28H33N5O2. The third kappa shape index (κ3) is 4.86. The summed E-state index contributed by atoms with van der Waals surface area (Å²) in [4.78, 5) is 33.1. The van der Waals surface area contributed by atoms with Crippen LogP contribution in [0.4, 0.5) is 5.69 Å². The van der Waals surface area contributed by atoms with Gasteiger partial charge in [-0.05, 0) is 63.0 Å². The van der Waals surface area contributed by atoms with E-state index in [1.165, 1.54) is 12.8 Å². The second-order valence-electron chi connectivity index (χ2n) is 9.46. The summed E-state index contributed by atoms with van der Waals surface area (Å²) in [7, 11) is 0. The van der Waals surface area contributed by atoms with Gasteiger partial charge >= 0.3 is 0 Å². The Morgan fingerprint density at radius 2 is 1.74 bits per heavy atom. The van der Waals surface area contributed by atoms with E-state index in [4.69, 9.17) is 0 Å².